The van der Waals surface area contributed by atoms with Crippen molar-refractivity contribution < 1.29 is 4.52 Å². The van der Waals surface area contributed by atoms with Crippen molar-refractivity contribution in [2.24, 2.45) is 0 Å². The minimum Gasteiger partial charge on any atom is -0.338 e. The normalized spacial score (nSPS) is 10.4. The maximum atomic E-state index is 5.13. The highest BCUT2D eigenvalue weighted by atomic mass is 16.5. The third-order valence-corrected chi connectivity index (χ3v) is 2.31. The van der Waals surface area contributed by atoms with E-state index in [1.54, 1.807) is 18.5 Å². The van der Waals surface area contributed by atoms with Gasteiger partial charge in [-0.25, -0.2) is 0 Å². The monoisotopic (exact) mass is 230 g/mol. The van der Waals surface area contributed by atoms with Crippen LogP contribution in [0.2, 0.25) is 0 Å². The Morgan fingerprint density at radius 3 is 3.18 bits per heavy atom. The number of nitrogens with one attached hydrogen (secondary N) is 1. The van der Waals surface area contributed by atoms with E-state index in [2.05, 4.69) is 27.0 Å². The molecule has 0 spiro atoms. The highest BCUT2D eigenvalue weighted by Crippen LogP contribution is 2.18. The van der Waals surface area contributed by atoms with E-state index >= 15 is 0 Å². The molecule has 0 fully saturated rings. The van der Waals surface area contributed by atoms with Crippen molar-refractivity contribution in [2.45, 2.75) is 13.5 Å². The highest BCUT2D eigenvalue weighted by molar-refractivity contribution is 5.57. The Bertz CT molecular complexity index is 507. The fourth-order valence-electron chi connectivity index (χ4n) is 1.42. The minimum absolute atomic E-state index is 0.540. The van der Waals surface area contributed by atoms with Gasteiger partial charge in [0.1, 0.15) is 0 Å². The predicted octanol–water partition coefficient (Wildman–Crippen LogP) is 1.72. The van der Waals surface area contributed by atoms with E-state index in [0.717, 1.165) is 11.1 Å². The van der Waals surface area contributed by atoms with Crippen LogP contribution in [0.5, 0.6) is 0 Å². The van der Waals surface area contributed by atoms with Crippen LogP contribution in [0.3, 0.4) is 0 Å². The minimum atomic E-state index is 0.540. The van der Waals surface area contributed by atoms with Crippen molar-refractivity contribution in [2.75, 3.05) is 6.54 Å². The summed E-state index contributed by atoms with van der Waals surface area (Å²) in [7, 11) is 0. The Kier molecular flexibility index (Phi) is 3.62. The predicted molar refractivity (Wildman–Crippen MR) is 64.2 cm³/mol. The smallest absolute Gasteiger partial charge is 0.240 e. The number of aryl methyl sites for hydroxylation is 1. The van der Waals surface area contributed by atoms with E-state index in [-0.39, 0.29) is 0 Å². The molecule has 0 radical (unpaired) electrons. The van der Waals surface area contributed by atoms with Crippen LogP contribution in [0.1, 0.15) is 11.5 Å². The molecule has 2 heterocycles. The van der Waals surface area contributed by atoms with E-state index < -0.39 is 0 Å². The average Bonchev–Trinajstić information content (AvgIpc) is 2.79. The summed E-state index contributed by atoms with van der Waals surface area (Å²) in [5, 5.41) is 7.03. The quantitative estimate of drug-likeness (QED) is 0.625. The summed E-state index contributed by atoms with van der Waals surface area (Å²) in [6.07, 6.45) is 5.26. The van der Waals surface area contributed by atoms with Crippen LogP contribution in [-0.4, -0.2) is 21.7 Å². The molecule has 0 aliphatic heterocycles. The summed E-state index contributed by atoms with van der Waals surface area (Å²) >= 11 is 0. The number of hydrogen-bond acceptors (Lipinski definition) is 5. The lowest BCUT2D eigenvalue weighted by molar-refractivity contribution is 0.370. The lowest BCUT2D eigenvalue weighted by Crippen LogP contribution is -2.12. The van der Waals surface area contributed by atoms with Gasteiger partial charge < -0.3 is 9.84 Å². The molecule has 0 amide bonds. The zero-order valence-corrected chi connectivity index (χ0v) is 9.68. The molecule has 0 atom stereocenters. The maximum absolute atomic E-state index is 5.13. The topological polar surface area (TPSA) is 63.8 Å². The van der Waals surface area contributed by atoms with Crippen LogP contribution in [0, 0.1) is 6.92 Å². The van der Waals surface area contributed by atoms with E-state index in [0.29, 0.717) is 24.8 Å². The Morgan fingerprint density at radius 2 is 2.41 bits per heavy atom. The van der Waals surface area contributed by atoms with Crippen LogP contribution in [0.4, 0.5) is 0 Å². The molecular weight excluding hydrogens is 216 g/mol. The molecule has 88 valence electrons. The van der Waals surface area contributed by atoms with Crippen LogP contribution in [0.15, 0.2) is 35.6 Å². The van der Waals surface area contributed by atoms with Gasteiger partial charge >= 0.3 is 0 Å². The van der Waals surface area contributed by atoms with Gasteiger partial charge in [-0.2, -0.15) is 4.98 Å². The summed E-state index contributed by atoms with van der Waals surface area (Å²) < 4.78 is 5.13. The molecule has 5 nitrogen and oxygen atoms in total. The Balaban J connectivity index is 2.13. The van der Waals surface area contributed by atoms with E-state index in [9.17, 15) is 0 Å². The number of hydrogen-bond donors (Lipinski definition) is 1. The summed E-state index contributed by atoms with van der Waals surface area (Å²) in [6.45, 7) is 6.86. The highest BCUT2D eigenvalue weighted by Gasteiger charge is 2.10. The molecule has 1 N–H and O–H groups in total. The zero-order chi connectivity index (χ0) is 12.1. The van der Waals surface area contributed by atoms with Crippen molar-refractivity contribution in [1.29, 1.82) is 0 Å². The van der Waals surface area contributed by atoms with Gasteiger partial charge in [-0.15, -0.1) is 6.58 Å². The Morgan fingerprint density at radius 1 is 1.53 bits per heavy atom. The van der Waals surface area contributed by atoms with Gasteiger partial charge in [0.15, 0.2) is 0 Å². The molecular formula is C12H14N4O. The molecule has 5 heteroatoms. The molecule has 17 heavy (non-hydrogen) atoms. The summed E-state index contributed by atoms with van der Waals surface area (Å²) in [5.41, 5.74) is 1.97. The fraction of sp³-hybridized carbons (Fsp3) is 0.250. The first-order valence-electron chi connectivity index (χ1n) is 5.36. The number of rotatable bonds is 5. The summed E-state index contributed by atoms with van der Waals surface area (Å²) in [5.74, 6) is 1.14. The molecule has 2 rings (SSSR count). The van der Waals surface area contributed by atoms with Gasteiger partial charge in [0, 0.05) is 24.5 Å². The molecule has 0 saturated carbocycles. The van der Waals surface area contributed by atoms with Gasteiger partial charge in [0.25, 0.3) is 0 Å². The molecule has 0 aromatic carbocycles. The summed E-state index contributed by atoms with van der Waals surface area (Å²) in [4.78, 5) is 8.35. The van der Waals surface area contributed by atoms with Gasteiger partial charge in [-0.05, 0) is 18.6 Å². The molecule has 0 aliphatic rings. The van der Waals surface area contributed by atoms with E-state index in [1.165, 1.54) is 0 Å². The van der Waals surface area contributed by atoms with Crippen molar-refractivity contribution in [3.05, 3.63) is 42.6 Å². The van der Waals surface area contributed by atoms with Gasteiger partial charge in [0.05, 0.1) is 6.54 Å². The lowest BCUT2D eigenvalue weighted by Gasteiger charge is -1.97. The molecule has 0 bridgehead atoms. The molecule has 0 aliphatic carbocycles. The number of nitrogens with zero attached hydrogens (tertiary/aromatic N) is 3. The zero-order valence-electron chi connectivity index (χ0n) is 9.68. The molecule has 2 aromatic rings. The Hall–Kier alpha value is -2.01. The first kappa shape index (κ1) is 11.5. The standard InChI is InChI=1S/C12H14N4O/c1-3-5-13-8-11-15-12(16-17-11)10-7-14-6-4-9(10)2/h3-4,6-7,13H,1,5,8H2,2H3. The van der Waals surface area contributed by atoms with E-state index in [1.807, 2.05) is 13.0 Å². The summed E-state index contributed by atoms with van der Waals surface area (Å²) in [6, 6.07) is 1.92. The second-order valence-electron chi connectivity index (χ2n) is 3.62. The fourth-order valence-corrected chi connectivity index (χ4v) is 1.42. The second kappa shape index (κ2) is 5.36. The van der Waals surface area contributed by atoms with Crippen LogP contribution in [-0.2, 0) is 6.54 Å². The Labute approximate surface area is 99.6 Å². The molecule has 0 saturated heterocycles. The van der Waals surface area contributed by atoms with Crippen molar-refractivity contribution >= 4 is 0 Å². The number of aromatic nitrogens is 3. The first-order chi connectivity index (χ1) is 8.31. The van der Waals surface area contributed by atoms with Gasteiger partial charge in [-0.1, -0.05) is 11.2 Å². The lowest BCUT2D eigenvalue weighted by atomic mass is 10.1. The van der Waals surface area contributed by atoms with Crippen LogP contribution >= 0.6 is 0 Å². The largest absolute Gasteiger partial charge is 0.338 e. The van der Waals surface area contributed by atoms with Gasteiger partial charge in [0.2, 0.25) is 11.7 Å². The van der Waals surface area contributed by atoms with Crippen molar-refractivity contribution in [3.8, 4) is 11.4 Å². The SMILES string of the molecule is C=CCNCc1nc(-c2cnccc2C)no1. The molecule has 0 unspecified atom stereocenters. The number of pyridine rings is 1. The maximum Gasteiger partial charge on any atom is 0.240 e. The van der Waals surface area contributed by atoms with Crippen LogP contribution in [0.25, 0.3) is 11.4 Å². The van der Waals surface area contributed by atoms with Gasteiger partial charge in [-0.3, -0.25) is 4.98 Å². The van der Waals surface area contributed by atoms with Crippen molar-refractivity contribution in [1.82, 2.24) is 20.4 Å². The third kappa shape index (κ3) is 2.76. The average molecular weight is 230 g/mol. The first-order valence-corrected chi connectivity index (χ1v) is 5.36. The van der Waals surface area contributed by atoms with Crippen molar-refractivity contribution in [3.63, 3.8) is 0 Å². The second-order valence-corrected chi connectivity index (χ2v) is 3.62. The van der Waals surface area contributed by atoms with E-state index in [4.69, 9.17) is 4.52 Å². The van der Waals surface area contributed by atoms with Crippen LogP contribution < -0.4 is 5.32 Å². The third-order valence-electron chi connectivity index (χ3n) is 2.31. The molecule has 2 aromatic heterocycles.